The normalized spacial score (nSPS) is 24.5. The van der Waals surface area contributed by atoms with E-state index in [0.717, 1.165) is 54.6 Å². The predicted octanol–water partition coefficient (Wildman–Crippen LogP) is 2.04. The summed E-state index contributed by atoms with van der Waals surface area (Å²) >= 11 is 0. The lowest BCUT2D eigenvalue weighted by molar-refractivity contribution is -0.131. The van der Waals surface area contributed by atoms with E-state index in [0.29, 0.717) is 5.92 Å². The third-order valence-corrected chi connectivity index (χ3v) is 5.49. The number of hydrogen-bond acceptors (Lipinski definition) is 5. The van der Waals surface area contributed by atoms with Crippen LogP contribution in [0.1, 0.15) is 31.9 Å². The van der Waals surface area contributed by atoms with Gasteiger partial charge >= 0.3 is 0 Å². The van der Waals surface area contributed by atoms with Gasteiger partial charge in [0.25, 0.3) is 0 Å². The summed E-state index contributed by atoms with van der Waals surface area (Å²) in [5.41, 5.74) is 2.91. The third-order valence-electron chi connectivity index (χ3n) is 5.49. The molecule has 1 aliphatic carbocycles. The molecule has 2 aliphatic rings. The zero-order valence-electron chi connectivity index (χ0n) is 15.4. The molecule has 2 fully saturated rings. The molecule has 2 aromatic heterocycles. The number of fused-ring (bicyclic) bond motifs is 1. The predicted molar refractivity (Wildman–Crippen MR) is 101 cm³/mol. The first-order valence-corrected chi connectivity index (χ1v) is 9.46. The quantitative estimate of drug-likeness (QED) is 0.878. The Morgan fingerprint density at radius 1 is 1.35 bits per heavy atom. The summed E-state index contributed by atoms with van der Waals surface area (Å²) in [6.07, 6.45) is 5.68. The van der Waals surface area contributed by atoms with Crippen LogP contribution >= 0.6 is 0 Å². The SMILES string of the molecule is Cc1ncc(N2CC(C)CC(NC(=O)C(O)C3CC3)C2)c2cccnc12. The molecule has 26 heavy (non-hydrogen) atoms. The first kappa shape index (κ1) is 17.2. The molecular weight excluding hydrogens is 328 g/mol. The molecule has 2 aromatic rings. The highest BCUT2D eigenvalue weighted by molar-refractivity contribution is 5.92. The number of piperidine rings is 1. The highest BCUT2D eigenvalue weighted by Crippen LogP contribution is 2.33. The molecule has 6 nitrogen and oxygen atoms in total. The summed E-state index contributed by atoms with van der Waals surface area (Å²) in [5, 5.41) is 14.2. The fraction of sp³-hybridized carbons (Fsp3) is 0.550. The molecule has 4 rings (SSSR count). The number of carbonyl (C=O) groups excluding carboxylic acids is 1. The number of aryl methyl sites for hydroxylation is 1. The molecule has 6 heteroatoms. The van der Waals surface area contributed by atoms with Crippen LogP contribution in [0, 0.1) is 18.8 Å². The Bertz CT molecular complexity index is 821. The lowest BCUT2D eigenvalue weighted by Gasteiger charge is -2.38. The smallest absolute Gasteiger partial charge is 0.249 e. The Labute approximate surface area is 153 Å². The van der Waals surface area contributed by atoms with Gasteiger partial charge in [0.1, 0.15) is 6.10 Å². The van der Waals surface area contributed by atoms with Crippen molar-refractivity contribution < 1.29 is 9.90 Å². The molecule has 3 unspecified atom stereocenters. The Kier molecular flexibility index (Phi) is 4.53. The molecule has 3 atom stereocenters. The Balaban J connectivity index is 1.55. The van der Waals surface area contributed by atoms with Gasteiger partial charge in [-0.15, -0.1) is 0 Å². The first-order valence-electron chi connectivity index (χ1n) is 9.46. The zero-order valence-corrected chi connectivity index (χ0v) is 15.4. The molecule has 0 bridgehead atoms. The van der Waals surface area contributed by atoms with Crippen LogP contribution in [0.3, 0.4) is 0 Å². The molecule has 1 saturated carbocycles. The van der Waals surface area contributed by atoms with Crippen LogP contribution in [0.25, 0.3) is 10.9 Å². The maximum absolute atomic E-state index is 12.3. The number of aromatic nitrogens is 2. The van der Waals surface area contributed by atoms with Crippen molar-refractivity contribution >= 4 is 22.5 Å². The minimum Gasteiger partial charge on any atom is -0.383 e. The number of amides is 1. The number of carbonyl (C=O) groups is 1. The van der Waals surface area contributed by atoms with E-state index in [1.54, 1.807) is 6.20 Å². The van der Waals surface area contributed by atoms with Gasteiger partial charge in [-0.25, -0.2) is 0 Å². The van der Waals surface area contributed by atoms with Crippen LogP contribution in [0.2, 0.25) is 0 Å². The number of hydrogen-bond donors (Lipinski definition) is 2. The maximum atomic E-state index is 12.3. The van der Waals surface area contributed by atoms with Crippen LogP contribution in [-0.4, -0.2) is 46.2 Å². The van der Waals surface area contributed by atoms with E-state index >= 15 is 0 Å². The largest absolute Gasteiger partial charge is 0.383 e. The molecule has 1 amide bonds. The van der Waals surface area contributed by atoms with Crippen molar-refractivity contribution in [3.05, 3.63) is 30.2 Å². The zero-order chi connectivity index (χ0) is 18.3. The Hall–Kier alpha value is -2.21. The second-order valence-corrected chi connectivity index (χ2v) is 7.86. The molecule has 0 radical (unpaired) electrons. The maximum Gasteiger partial charge on any atom is 0.249 e. The van der Waals surface area contributed by atoms with Crippen molar-refractivity contribution in [2.45, 2.75) is 45.3 Å². The summed E-state index contributed by atoms with van der Waals surface area (Å²) in [5.74, 6) is 0.378. The van der Waals surface area contributed by atoms with Crippen molar-refractivity contribution in [3.8, 4) is 0 Å². The van der Waals surface area contributed by atoms with Gasteiger partial charge in [0.2, 0.25) is 5.91 Å². The minimum absolute atomic E-state index is 0.0349. The second kappa shape index (κ2) is 6.83. The number of aliphatic hydroxyl groups excluding tert-OH is 1. The molecule has 1 saturated heterocycles. The topological polar surface area (TPSA) is 78.4 Å². The number of rotatable bonds is 4. The van der Waals surface area contributed by atoms with E-state index in [1.165, 1.54) is 0 Å². The van der Waals surface area contributed by atoms with Crippen molar-refractivity contribution in [2.24, 2.45) is 11.8 Å². The number of nitrogens with one attached hydrogen (secondary N) is 1. The second-order valence-electron chi connectivity index (χ2n) is 7.86. The van der Waals surface area contributed by atoms with Crippen LogP contribution in [0.4, 0.5) is 5.69 Å². The van der Waals surface area contributed by atoms with Crippen molar-refractivity contribution in [1.29, 1.82) is 0 Å². The fourth-order valence-corrected chi connectivity index (χ4v) is 4.01. The van der Waals surface area contributed by atoms with E-state index in [-0.39, 0.29) is 17.9 Å². The number of aliphatic hydroxyl groups is 1. The molecule has 2 N–H and O–H groups in total. The number of anilines is 1. The summed E-state index contributed by atoms with van der Waals surface area (Å²) in [6.45, 7) is 5.82. The van der Waals surface area contributed by atoms with Crippen molar-refractivity contribution in [1.82, 2.24) is 15.3 Å². The Morgan fingerprint density at radius 2 is 2.15 bits per heavy atom. The highest BCUT2D eigenvalue weighted by atomic mass is 16.3. The van der Waals surface area contributed by atoms with Crippen LogP contribution in [0.15, 0.2) is 24.5 Å². The lowest BCUT2D eigenvalue weighted by atomic mass is 9.94. The number of nitrogens with zero attached hydrogens (tertiary/aromatic N) is 3. The Morgan fingerprint density at radius 3 is 2.92 bits per heavy atom. The highest BCUT2D eigenvalue weighted by Gasteiger charge is 2.36. The van der Waals surface area contributed by atoms with Crippen LogP contribution in [-0.2, 0) is 4.79 Å². The van der Waals surface area contributed by atoms with Crippen molar-refractivity contribution in [3.63, 3.8) is 0 Å². The van der Waals surface area contributed by atoms with Gasteiger partial charge in [-0.05, 0) is 50.2 Å². The van der Waals surface area contributed by atoms with Gasteiger partial charge < -0.3 is 15.3 Å². The molecule has 0 spiro atoms. The van der Waals surface area contributed by atoms with Crippen molar-refractivity contribution in [2.75, 3.05) is 18.0 Å². The average Bonchev–Trinajstić information content (AvgIpc) is 3.46. The third kappa shape index (κ3) is 3.38. The monoisotopic (exact) mass is 354 g/mol. The average molecular weight is 354 g/mol. The van der Waals surface area contributed by atoms with Crippen LogP contribution in [0.5, 0.6) is 0 Å². The molecule has 0 aromatic carbocycles. The van der Waals surface area contributed by atoms with Crippen LogP contribution < -0.4 is 10.2 Å². The van der Waals surface area contributed by atoms with Gasteiger partial charge in [-0.2, -0.15) is 0 Å². The van der Waals surface area contributed by atoms with E-state index in [9.17, 15) is 9.90 Å². The summed E-state index contributed by atoms with van der Waals surface area (Å²) in [6, 6.07) is 4.06. The number of pyridine rings is 2. The first-order chi connectivity index (χ1) is 12.5. The van der Waals surface area contributed by atoms with Gasteiger partial charge in [0, 0.05) is 30.7 Å². The summed E-state index contributed by atoms with van der Waals surface area (Å²) in [4.78, 5) is 23.6. The summed E-state index contributed by atoms with van der Waals surface area (Å²) in [7, 11) is 0. The van der Waals surface area contributed by atoms with Gasteiger partial charge in [-0.3, -0.25) is 14.8 Å². The van der Waals surface area contributed by atoms with E-state index in [1.807, 2.05) is 19.2 Å². The minimum atomic E-state index is -0.855. The van der Waals surface area contributed by atoms with E-state index < -0.39 is 6.10 Å². The standard InChI is InChI=1S/C20H26N4O2/c1-12-8-15(23-20(26)19(25)14-5-6-14)11-24(10-12)17-9-22-13(2)18-16(17)4-3-7-21-18/h3-4,7,9,12,14-15,19,25H,5-6,8,10-11H2,1-2H3,(H,23,26). The lowest BCUT2D eigenvalue weighted by Crippen LogP contribution is -2.52. The van der Waals surface area contributed by atoms with Gasteiger partial charge in [-0.1, -0.05) is 6.92 Å². The van der Waals surface area contributed by atoms with Gasteiger partial charge in [0.05, 0.1) is 23.1 Å². The summed E-state index contributed by atoms with van der Waals surface area (Å²) < 4.78 is 0. The molecule has 138 valence electrons. The van der Waals surface area contributed by atoms with E-state index in [2.05, 4.69) is 33.2 Å². The fourth-order valence-electron chi connectivity index (χ4n) is 4.01. The van der Waals surface area contributed by atoms with E-state index in [4.69, 9.17) is 0 Å². The molecular formula is C20H26N4O2. The molecule has 3 heterocycles. The molecule has 1 aliphatic heterocycles. The van der Waals surface area contributed by atoms with Gasteiger partial charge in [0.15, 0.2) is 0 Å².